The Morgan fingerprint density at radius 2 is 2.25 bits per heavy atom. The topological polar surface area (TPSA) is 36.3 Å². The van der Waals surface area contributed by atoms with Crippen molar-refractivity contribution in [1.29, 1.82) is 5.41 Å². The molecule has 0 aromatic heterocycles. The van der Waals surface area contributed by atoms with Crippen LogP contribution in [0.25, 0.3) is 0 Å². The average Bonchev–Trinajstić information content (AvgIpc) is 2.35. The van der Waals surface area contributed by atoms with Gasteiger partial charge in [0.2, 0.25) is 0 Å². The van der Waals surface area contributed by atoms with Crippen molar-refractivity contribution in [1.82, 2.24) is 4.90 Å². The first-order valence-electron chi connectivity index (χ1n) is 4.42. The number of likely N-dealkylation sites (tertiary alicyclic amines) is 1. The highest BCUT2D eigenvalue weighted by atomic mass is 16.5. The summed E-state index contributed by atoms with van der Waals surface area (Å²) < 4.78 is 5.13. The summed E-state index contributed by atoms with van der Waals surface area (Å²) in [6.45, 7) is 5.94. The summed E-state index contributed by atoms with van der Waals surface area (Å²) in [5, 5.41) is 7.71. The van der Waals surface area contributed by atoms with Crippen molar-refractivity contribution < 1.29 is 4.74 Å². The van der Waals surface area contributed by atoms with Crippen LogP contribution in [-0.2, 0) is 4.74 Å². The molecule has 1 fully saturated rings. The van der Waals surface area contributed by atoms with Gasteiger partial charge in [-0.25, -0.2) is 0 Å². The number of ether oxygens (including phenoxy) is 1. The third-order valence-corrected chi connectivity index (χ3v) is 2.35. The SMILES string of the molecule is COCC(C)(C)N1CCCC1=N. The van der Waals surface area contributed by atoms with Gasteiger partial charge in [-0.15, -0.1) is 0 Å². The van der Waals surface area contributed by atoms with Crippen LogP contribution in [-0.4, -0.2) is 36.5 Å². The molecule has 0 aromatic rings. The summed E-state index contributed by atoms with van der Waals surface area (Å²) in [7, 11) is 1.71. The van der Waals surface area contributed by atoms with Crippen molar-refractivity contribution in [2.45, 2.75) is 32.2 Å². The largest absolute Gasteiger partial charge is 0.382 e. The number of amidine groups is 1. The van der Waals surface area contributed by atoms with E-state index in [1.54, 1.807) is 7.11 Å². The van der Waals surface area contributed by atoms with E-state index in [4.69, 9.17) is 10.1 Å². The first kappa shape index (κ1) is 9.52. The van der Waals surface area contributed by atoms with Crippen LogP contribution in [0, 0.1) is 5.41 Å². The van der Waals surface area contributed by atoms with Crippen LogP contribution < -0.4 is 0 Å². The summed E-state index contributed by atoms with van der Waals surface area (Å²) >= 11 is 0. The molecule has 1 heterocycles. The molecule has 0 aliphatic carbocycles. The van der Waals surface area contributed by atoms with Gasteiger partial charge in [0.05, 0.1) is 18.0 Å². The number of methoxy groups -OCH3 is 1. The number of hydrogen-bond acceptors (Lipinski definition) is 2. The molecular formula is C9H18N2O. The maximum absolute atomic E-state index is 7.71. The van der Waals surface area contributed by atoms with E-state index in [2.05, 4.69) is 18.7 Å². The summed E-state index contributed by atoms with van der Waals surface area (Å²) in [5.74, 6) is 0.761. The van der Waals surface area contributed by atoms with E-state index < -0.39 is 0 Å². The fourth-order valence-corrected chi connectivity index (χ4v) is 1.77. The van der Waals surface area contributed by atoms with Crippen molar-refractivity contribution in [2.75, 3.05) is 20.3 Å². The van der Waals surface area contributed by atoms with Crippen LogP contribution >= 0.6 is 0 Å². The minimum Gasteiger partial charge on any atom is -0.382 e. The highest BCUT2D eigenvalue weighted by Crippen LogP contribution is 2.22. The first-order chi connectivity index (χ1) is 5.58. The maximum Gasteiger partial charge on any atom is 0.0963 e. The Morgan fingerprint density at radius 3 is 2.67 bits per heavy atom. The lowest BCUT2D eigenvalue weighted by molar-refractivity contribution is 0.0804. The average molecular weight is 170 g/mol. The van der Waals surface area contributed by atoms with Gasteiger partial charge >= 0.3 is 0 Å². The molecular weight excluding hydrogens is 152 g/mol. The van der Waals surface area contributed by atoms with Crippen molar-refractivity contribution in [3.63, 3.8) is 0 Å². The quantitative estimate of drug-likeness (QED) is 0.696. The first-order valence-corrected chi connectivity index (χ1v) is 4.42. The molecule has 0 spiro atoms. The summed E-state index contributed by atoms with van der Waals surface area (Å²) in [6.07, 6.45) is 2.04. The van der Waals surface area contributed by atoms with Crippen LogP contribution in [0.4, 0.5) is 0 Å². The Bertz CT molecular complexity index is 177. The van der Waals surface area contributed by atoms with Gasteiger partial charge in [0.25, 0.3) is 0 Å². The summed E-state index contributed by atoms with van der Waals surface area (Å²) in [5.41, 5.74) is -0.0116. The predicted molar refractivity (Wildman–Crippen MR) is 49.6 cm³/mol. The molecule has 0 bridgehead atoms. The lowest BCUT2D eigenvalue weighted by atomic mass is 10.1. The van der Waals surface area contributed by atoms with Crippen molar-refractivity contribution in [3.05, 3.63) is 0 Å². The van der Waals surface area contributed by atoms with Crippen molar-refractivity contribution in [3.8, 4) is 0 Å². The van der Waals surface area contributed by atoms with Crippen LogP contribution in [0.5, 0.6) is 0 Å². The number of nitrogens with one attached hydrogen (secondary N) is 1. The maximum atomic E-state index is 7.71. The molecule has 1 aliphatic rings. The molecule has 1 aliphatic heterocycles. The minimum absolute atomic E-state index is 0.0116. The second-order valence-corrected chi connectivity index (χ2v) is 3.95. The minimum atomic E-state index is -0.0116. The monoisotopic (exact) mass is 170 g/mol. The Morgan fingerprint density at radius 1 is 1.58 bits per heavy atom. The van der Waals surface area contributed by atoms with Gasteiger partial charge in [0.1, 0.15) is 0 Å². The van der Waals surface area contributed by atoms with Crippen molar-refractivity contribution in [2.24, 2.45) is 0 Å². The van der Waals surface area contributed by atoms with E-state index in [-0.39, 0.29) is 5.54 Å². The predicted octanol–water partition coefficient (Wildman–Crippen LogP) is 1.48. The summed E-state index contributed by atoms with van der Waals surface area (Å²) in [6, 6.07) is 0. The Labute approximate surface area is 74.2 Å². The van der Waals surface area contributed by atoms with Crippen LogP contribution in [0.3, 0.4) is 0 Å². The second kappa shape index (κ2) is 3.44. The molecule has 0 amide bonds. The fraction of sp³-hybridized carbons (Fsp3) is 0.889. The zero-order valence-corrected chi connectivity index (χ0v) is 8.18. The molecule has 1 rings (SSSR count). The zero-order chi connectivity index (χ0) is 9.19. The Hall–Kier alpha value is -0.570. The van der Waals surface area contributed by atoms with E-state index in [1.165, 1.54) is 0 Å². The molecule has 0 unspecified atom stereocenters. The van der Waals surface area contributed by atoms with Gasteiger partial charge in [-0.3, -0.25) is 5.41 Å². The molecule has 12 heavy (non-hydrogen) atoms. The molecule has 70 valence electrons. The second-order valence-electron chi connectivity index (χ2n) is 3.95. The molecule has 3 nitrogen and oxygen atoms in total. The smallest absolute Gasteiger partial charge is 0.0963 e. The molecule has 0 aromatic carbocycles. The molecule has 1 N–H and O–H groups in total. The molecule has 0 saturated carbocycles. The number of hydrogen-bond donors (Lipinski definition) is 1. The summed E-state index contributed by atoms with van der Waals surface area (Å²) in [4.78, 5) is 2.14. The van der Waals surface area contributed by atoms with Crippen LogP contribution in [0.2, 0.25) is 0 Å². The fourth-order valence-electron chi connectivity index (χ4n) is 1.77. The molecule has 3 heteroatoms. The normalized spacial score (nSPS) is 18.9. The van der Waals surface area contributed by atoms with E-state index in [9.17, 15) is 0 Å². The van der Waals surface area contributed by atoms with Crippen LogP contribution in [0.1, 0.15) is 26.7 Å². The van der Waals surface area contributed by atoms with Gasteiger partial charge < -0.3 is 9.64 Å². The highest BCUT2D eigenvalue weighted by molar-refractivity contribution is 5.81. The zero-order valence-electron chi connectivity index (χ0n) is 8.18. The van der Waals surface area contributed by atoms with Crippen LogP contribution in [0.15, 0.2) is 0 Å². The molecule has 1 saturated heterocycles. The standard InChI is InChI=1S/C9H18N2O/c1-9(2,7-12-3)11-6-4-5-8(11)10/h10H,4-7H2,1-3H3. The van der Waals surface area contributed by atoms with Crippen molar-refractivity contribution >= 4 is 5.84 Å². The third kappa shape index (κ3) is 1.78. The van der Waals surface area contributed by atoms with E-state index in [1.807, 2.05) is 0 Å². The molecule has 0 atom stereocenters. The lowest BCUT2D eigenvalue weighted by Gasteiger charge is -2.36. The van der Waals surface area contributed by atoms with E-state index in [0.29, 0.717) is 6.61 Å². The van der Waals surface area contributed by atoms with E-state index >= 15 is 0 Å². The highest BCUT2D eigenvalue weighted by Gasteiger charge is 2.31. The number of nitrogens with zero attached hydrogens (tertiary/aromatic N) is 1. The third-order valence-electron chi connectivity index (χ3n) is 2.35. The van der Waals surface area contributed by atoms with Gasteiger partial charge in [-0.05, 0) is 20.3 Å². The Balaban J connectivity index is 2.60. The van der Waals surface area contributed by atoms with Gasteiger partial charge in [-0.2, -0.15) is 0 Å². The van der Waals surface area contributed by atoms with Gasteiger partial charge in [0.15, 0.2) is 0 Å². The Kier molecular flexibility index (Phi) is 2.73. The van der Waals surface area contributed by atoms with Gasteiger partial charge in [0, 0.05) is 20.1 Å². The number of rotatable bonds is 3. The van der Waals surface area contributed by atoms with E-state index in [0.717, 1.165) is 25.2 Å². The lowest BCUT2D eigenvalue weighted by Crippen LogP contribution is -2.47. The van der Waals surface area contributed by atoms with Gasteiger partial charge in [-0.1, -0.05) is 0 Å². The molecule has 0 radical (unpaired) electrons.